The molecule has 0 aliphatic rings. The van der Waals surface area contributed by atoms with Crippen molar-refractivity contribution in [2.75, 3.05) is 39.1 Å². The Morgan fingerprint density at radius 1 is 1.10 bits per heavy atom. The van der Waals surface area contributed by atoms with Crippen LogP contribution in [0, 0.1) is 0 Å². The topological polar surface area (TPSA) is 18.5 Å². The van der Waals surface area contributed by atoms with Gasteiger partial charge in [-0.25, -0.2) is 0 Å². The molecule has 0 fully saturated rings. The number of hydrogen-bond acceptors (Lipinski definition) is 3. The molecule has 1 N–H and O–H groups in total. The summed E-state index contributed by atoms with van der Waals surface area (Å²) in [6.07, 6.45) is 1.15. The molecule has 21 heavy (non-hydrogen) atoms. The van der Waals surface area contributed by atoms with E-state index in [4.69, 9.17) is 11.6 Å². The minimum absolute atomic E-state index is 0.100. The van der Waals surface area contributed by atoms with Crippen molar-refractivity contribution in [2.45, 2.75) is 39.3 Å². The summed E-state index contributed by atoms with van der Waals surface area (Å²) in [6, 6.07) is 6.16. The van der Waals surface area contributed by atoms with Crippen molar-refractivity contribution < 1.29 is 0 Å². The molecule has 1 aromatic carbocycles. The molecule has 0 amide bonds. The molecule has 0 atom stereocenters. The predicted octanol–water partition coefficient (Wildman–Crippen LogP) is 3.62. The van der Waals surface area contributed by atoms with Crippen molar-refractivity contribution in [1.29, 1.82) is 0 Å². The van der Waals surface area contributed by atoms with Crippen molar-refractivity contribution in [3.63, 3.8) is 0 Å². The number of rotatable bonds is 7. The highest BCUT2D eigenvalue weighted by Gasteiger charge is 2.13. The average Bonchev–Trinajstić information content (AvgIpc) is 2.35. The van der Waals surface area contributed by atoms with Crippen molar-refractivity contribution in [3.05, 3.63) is 28.8 Å². The monoisotopic (exact) mass is 311 g/mol. The number of nitrogens with zero attached hydrogens (tertiary/aromatic N) is 2. The van der Waals surface area contributed by atoms with Gasteiger partial charge >= 0.3 is 0 Å². The van der Waals surface area contributed by atoms with Gasteiger partial charge in [0.1, 0.15) is 0 Å². The van der Waals surface area contributed by atoms with Crippen molar-refractivity contribution >= 4 is 17.3 Å². The van der Waals surface area contributed by atoms with E-state index in [0.29, 0.717) is 0 Å². The third kappa shape index (κ3) is 7.16. The van der Waals surface area contributed by atoms with Crippen LogP contribution in [0.4, 0.5) is 5.69 Å². The maximum atomic E-state index is 6.16. The van der Waals surface area contributed by atoms with Crippen molar-refractivity contribution in [3.8, 4) is 0 Å². The lowest BCUT2D eigenvalue weighted by Crippen LogP contribution is -2.35. The molecule has 0 bridgehead atoms. The lowest BCUT2D eigenvalue weighted by atomic mass is 10.1. The van der Waals surface area contributed by atoms with Crippen LogP contribution in [0.1, 0.15) is 32.8 Å². The SMILES string of the molecule is CN(C)CCCN(C)c1ccc(Cl)cc1CNC(C)(C)C. The van der Waals surface area contributed by atoms with E-state index in [-0.39, 0.29) is 5.54 Å². The smallest absolute Gasteiger partial charge is 0.0410 e. The van der Waals surface area contributed by atoms with Gasteiger partial charge in [-0.3, -0.25) is 0 Å². The molecule has 3 nitrogen and oxygen atoms in total. The Hall–Kier alpha value is -0.770. The van der Waals surface area contributed by atoms with Crippen LogP contribution in [-0.2, 0) is 6.54 Å². The summed E-state index contributed by atoms with van der Waals surface area (Å²) in [5, 5.41) is 4.34. The molecule has 1 aromatic rings. The van der Waals surface area contributed by atoms with Crippen LogP contribution in [0.25, 0.3) is 0 Å². The summed E-state index contributed by atoms with van der Waals surface area (Å²) in [5.41, 5.74) is 2.61. The Morgan fingerprint density at radius 2 is 1.76 bits per heavy atom. The molecule has 0 aliphatic heterocycles. The fourth-order valence-electron chi connectivity index (χ4n) is 2.17. The fourth-order valence-corrected chi connectivity index (χ4v) is 2.37. The second kappa shape index (κ2) is 8.02. The van der Waals surface area contributed by atoms with E-state index in [1.165, 1.54) is 11.3 Å². The molecule has 0 aromatic heterocycles. The minimum Gasteiger partial charge on any atom is -0.374 e. The first-order valence-corrected chi connectivity index (χ1v) is 7.96. The zero-order chi connectivity index (χ0) is 16.0. The van der Waals surface area contributed by atoms with Gasteiger partial charge in [-0.1, -0.05) is 11.6 Å². The first-order valence-electron chi connectivity index (χ1n) is 7.58. The van der Waals surface area contributed by atoms with Crippen LogP contribution in [-0.4, -0.2) is 44.7 Å². The van der Waals surface area contributed by atoms with Crippen LogP contribution in [0.15, 0.2) is 18.2 Å². The maximum absolute atomic E-state index is 6.16. The summed E-state index contributed by atoms with van der Waals surface area (Å²) >= 11 is 6.16. The molecule has 0 heterocycles. The lowest BCUT2D eigenvalue weighted by molar-refractivity contribution is 0.401. The summed E-state index contributed by atoms with van der Waals surface area (Å²) in [5.74, 6) is 0. The van der Waals surface area contributed by atoms with Gasteiger partial charge in [0.2, 0.25) is 0 Å². The Balaban J connectivity index is 2.75. The van der Waals surface area contributed by atoms with E-state index in [1.807, 2.05) is 6.07 Å². The van der Waals surface area contributed by atoms with Gasteiger partial charge in [-0.05, 0) is 71.6 Å². The third-order valence-electron chi connectivity index (χ3n) is 3.36. The van der Waals surface area contributed by atoms with Crippen LogP contribution in [0.5, 0.6) is 0 Å². The van der Waals surface area contributed by atoms with Gasteiger partial charge in [0.15, 0.2) is 0 Å². The van der Waals surface area contributed by atoms with Crippen molar-refractivity contribution in [1.82, 2.24) is 10.2 Å². The standard InChI is InChI=1S/C17H30ClN3/c1-17(2,3)19-13-14-12-15(18)8-9-16(14)21(6)11-7-10-20(4)5/h8-9,12,19H,7,10-11,13H2,1-6H3. The highest BCUT2D eigenvalue weighted by atomic mass is 35.5. The normalized spacial score (nSPS) is 12.0. The summed E-state index contributed by atoms with van der Waals surface area (Å²) in [4.78, 5) is 4.54. The third-order valence-corrected chi connectivity index (χ3v) is 3.60. The quantitative estimate of drug-likeness (QED) is 0.830. The van der Waals surface area contributed by atoms with E-state index in [9.17, 15) is 0 Å². The van der Waals surface area contributed by atoms with Gasteiger partial charge in [-0.15, -0.1) is 0 Å². The van der Waals surface area contributed by atoms with Crippen LogP contribution >= 0.6 is 11.6 Å². The molecule has 120 valence electrons. The van der Waals surface area contributed by atoms with E-state index in [0.717, 1.165) is 31.1 Å². The molecular formula is C17H30ClN3. The fraction of sp³-hybridized carbons (Fsp3) is 0.647. The zero-order valence-corrected chi connectivity index (χ0v) is 15.1. The molecular weight excluding hydrogens is 282 g/mol. The van der Waals surface area contributed by atoms with Gasteiger partial charge in [0, 0.05) is 36.4 Å². The van der Waals surface area contributed by atoms with E-state index >= 15 is 0 Å². The van der Waals surface area contributed by atoms with E-state index < -0.39 is 0 Å². The van der Waals surface area contributed by atoms with Gasteiger partial charge in [-0.2, -0.15) is 0 Å². The summed E-state index contributed by atoms with van der Waals surface area (Å²) in [7, 11) is 6.38. The van der Waals surface area contributed by atoms with Gasteiger partial charge in [0.25, 0.3) is 0 Å². The first-order chi connectivity index (χ1) is 9.69. The molecule has 0 unspecified atom stereocenters. The molecule has 0 aliphatic carbocycles. The number of nitrogens with one attached hydrogen (secondary N) is 1. The number of halogens is 1. The highest BCUT2D eigenvalue weighted by molar-refractivity contribution is 6.30. The molecule has 1 rings (SSSR count). The largest absolute Gasteiger partial charge is 0.374 e. The van der Waals surface area contributed by atoms with Gasteiger partial charge < -0.3 is 15.1 Å². The van der Waals surface area contributed by atoms with E-state index in [1.54, 1.807) is 0 Å². The summed E-state index contributed by atoms with van der Waals surface area (Å²) in [6.45, 7) is 9.52. The Bertz CT molecular complexity index is 438. The van der Waals surface area contributed by atoms with Crippen LogP contribution in [0.2, 0.25) is 5.02 Å². The van der Waals surface area contributed by atoms with Crippen molar-refractivity contribution in [2.24, 2.45) is 0 Å². The number of anilines is 1. The predicted molar refractivity (Wildman–Crippen MR) is 94.5 cm³/mol. The Kier molecular flexibility index (Phi) is 6.98. The molecule has 0 radical (unpaired) electrons. The molecule has 4 heteroatoms. The van der Waals surface area contributed by atoms with Crippen LogP contribution < -0.4 is 10.2 Å². The Morgan fingerprint density at radius 3 is 2.33 bits per heavy atom. The molecule has 0 saturated carbocycles. The van der Waals surface area contributed by atoms with Crippen LogP contribution in [0.3, 0.4) is 0 Å². The summed E-state index contributed by atoms with van der Waals surface area (Å²) < 4.78 is 0. The minimum atomic E-state index is 0.100. The Labute approximate surface area is 135 Å². The second-order valence-electron chi connectivity index (χ2n) is 6.95. The zero-order valence-electron chi connectivity index (χ0n) is 14.3. The number of hydrogen-bond donors (Lipinski definition) is 1. The molecule has 0 spiro atoms. The van der Waals surface area contributed by atoms with Gasteiger partial charge in [0.05, 0.1) is 0 Å². The average molecular weight is 312 g/mol. The van der Waals surface area contributed by atoms with E-state index in [2.05, 4.69) is 69.2 Å². The molecule has 0 saturated heterocycles. The highest BCUT2D eigenvalue weighted by Crippen LogP contribution is 2.24. The number of benzene rings is 1. The first kappa shape index (κ1) is 18.3. The lowest BCUT2D eigenvalue weighted by Gasteiger charge is -2.26. The second-order valence-corrected chi connectivity index (χ2v) is 7.39. The maximum Gasteiger partial charge on any atom is 0.0410 e.